The Bertz CT molecular complexity index is 554. The highest BCUT2D eigenvalue weighted by Gasteiger charge is 2.37. The van der Waals surface area contributed by atoms with E-state index in [1.165, 1.54) is 0 Å². The fraction of sp³-hybridized carbons (Fsp3) is 0.467. The quantitative estimate of drug-likeness (QED) is 0.771. The van der Waals surface area contributed by atoms with Crippen molar-refractivity contribution in [2.75, 3.05) is 5.32 Å². The maximum absolute atomic E-state index is 12.2. The van der Waals surface area contributed by atoms with Crippen molar-refractivity contribution >= 4 is 33.6 Å². The van der Waals surface area contributed by atoms with Gasteiger partial charge in [-0.1, -0.05) is 18.9 Å². The van der Waals surface area contributed by atoms with E-state index in [0.29, 0.717) is 18.5 Å². The predicted molar refractivity (Wildman–Crippen MR) is 84.5 cm³/mol. The van der Waals surface area contributed by atoms with Crippen molar-refractivity contribution in [2.45, 2.75) is 44.6 Å². The summed E-state index contributed by atoms with van der Waals surface area (Å²) in [6.07, 6.45) is 3.28. The first-order chi connectivity index (χ1) is 9.90. The summed E-state index contributed by atoms with van der Waals surface area (Å²) in [6, 6.07) is 5.32. The van der Waals surface area contributed by atoms with E-state index < -0.39 is 11.5 Å². The van der Waals surface area contributed by atoms with E-state index in [0.717, 1.165) is 22.9 Å². The summed E-state index contributed by atoms with van der Waals surface area (Å²) in [5.41, 5.74) is 1.09. The average Bonchev–Trinajstić information content (AvgIpc) is 2.80. The summed E-state index contributed by atoms with van der Waals surface area (Å²) in [5, 5.41) is 14.7. The van der Waals surface area contributed by atoms with Gasteiger partial charge >= 0.3 is 12.0 Å². The van der Waals surface area contributed by atoms with Crippen molar-refractivity contribution in [2.24, 2.45) is 0 Å². The van der Waals surface area contributed by atoms with Gasteiger partial charge in [0, 0.05) is 4.47 Å². The van der Waals surface area contributed by atoms with E-state index in [4.69, 9.17) is 5.11 Å². The Morgan fingerprint density at radius 2 is 2.00 bits per heavy atom. The van der Waals surface area contributed by atoms with Gasteiger partial charge in [-0.15, -0.1) is 0 Å². The summed E-state index contributed by atoms with van der Waals surface area (Å²) in [7, 11) is 0. The number of nitrogens with one attached hydrogen (secondary N) is 2. The number of aliphatic carboxylic acids is 1. The molecule has 114 valence electrons. The van der Waals surface area contributed by atoms with Crippen molar-refractivity contribution in [3.05, 3.63) is 28.2 Å². The molecule has 2 rings (SSSR count). The van der Waals surface area contributed by atoms with Crippen LogP contribution in [0.4, 0.5) is 10.5 Å². The number of carboxylic acids is 1. The highest BCUT2D eigenvalue weighted by Crippen LogP contribution is 2.33. The number of amides is 2. The third kappa shape index (κ3) is 4.20. The molecule has 0 heterocycles. The van der Waals surface area contributed by atoms with Crippen LogP contribution in [0, 0.1) is 6.92 Å². The number of hydrogen-bond donors (Lipinski definition) is 3. The lowest BCUT2D eigenvalue weighted by Crippen LogP contribution is -2.49. The highest BCUT2D eigenvalue weighted by molar-refractivity contribution is 9.10. The molecule has 1 aromatic rings. The molecular formula is C15H19BrN2O3. The molecule has 21 heavy (non-hydrogen) atoms. The first-order valence-corrected chi connectivity index (χ1v) is 7.77. The van der Waals surface area contributed by atoms with E-state index >= 15 is 0 Å². The molecule has 0 bridgehead atoms. The first-order valence-electron chi connectivity index (χ1n) is 6.97. The normalized spacial score (nSPS) is 16.5. The Kier molecular flexibility index (Phi) is 4.88. The standard InChI is InChI=1S/C15H19BrN2O3/c1-10-4-5-11(16)12(8-10)17-14(21)18-15(9-13(19)20)6-2-3-7-15/h4-5,8H,2-3,6-7,9H2,1H3,(H,19,20)(H2,17,18,21). The number of carboxylic acid groups (broad SMARTS) is 1. The molecule has 2 amide bonds. The molecule has 0 radical (unpaired) electrons. The third-order valence-electron chi connectivity index (χ3n) is 3.80. The molecule has 0 aromatic heterocycles. The van der Waals surface area contributed by atoms with Crippen molar-refractivity contribution in [3.63, 3.8) is 0 Å². The van der Waals surface area contributed by atoms with Crippen LogP contribution < -0.4 is 10.6 Å². The van der Waals surface area contributed by atoms with Gasteiger partial charge < -0.3 is 15.7 Å². The van der Waals surface area contributed by atoms with Crippen LogP contribution in [0.5, 0.6) is 0 Å². The largest absolute Gasteiger partial charge is 0.481 e. The van der Waals surface area contributed by atoms with E-state index in [2.05, 4.69) is 26.6 Å². The molecule has 1 aliphatic carbocycles. The minimum atomic E-state index is -0.881. The van der Waals surface area contributed by atoms with Crippen LogP contribution in [0.3, 0.4) is 0 Å². The molecule has 0 spiro atoms. The summed E-state index contributed by atoms with van der Waals surface area (Å²) in [4.78, 5) is 23.2. The Hall–Kier alpha value is -1.56. The van der Waals surface area contributed by atoms with Crippen molar-refractivity contribution < 1.29 is 14.7 Å². The molecule has 5 nitrogen and oxygen atoms in total. The molecule has 6 heteroatoms. The van der Waals surface area contributed by atoms with Gasteiger partial charge in [-0.05, 0) is 53.4 Å². The van der Waals surface area contributed by atoms with Crippen LogP contribution in [0.25, 0.3) is 0 Å². The second-order valence-electron chi connectivity index (χ2n) is 5.62. The van der Waals surface area contributed by atoms with E-state index in [-0.39, 0.29) is 12.5 Å². The maximum atomic E-state index is 12.2. The fourth-order valence-electron chi connectivity index (χ4n) is 2.82. The average molecular weight is 355 g/mol. The third-order valence-corrected chi connectivity index (χ3v) is 4.49. The van der Waals surface area contributed by atoms with Gasteiger partial charge in [-0.25, -0.2) is 4.79 Å². The zero-order valence-electron chi connectivity index (χ0n) is 11.9. The van der Waals surface area contributed by atoms with Gasteiger partial charge in [0.15, 0.2) is 0 Å². The van der Waals surface area contributed by atoms with Crippen LogP contribution in [0.15, 0.2) is 22.7 Å². The second kappa shape index (κ2) is 6.47. The topological polar surface area (TPSA) is 78.4 Å². The second-order valence-corrected chi connectivity index (χ2v) is 6.47. The maximum Gasteiger partial charge on any atom is 0.319 e. The smallest absolute Gasteiger partial charge is 0.319 e. The zero-order valence-corrected chi connectivity index (χ0v) is 13.5. The predicted octanol–water partition coefficient (Wildman–Crippen LogP) is 3.67. The van der Waals surface area contributed by atoms with Gasteiger partial charge in [-0.3, -0.25) is 4.79 Å². The van der Waals surface area contributed by atoms with Gasteiger partial charge in [0.2, 0.25) is 0 Å². The molecule has 0 atom stereocenters. The van der Waals surface area contributed by atoms with E-state index in [9.17, 15) is 9.59 Å². The number of carbonyl (C=O) groups is 2. The van der Waals surface area contributed by atoms with Crippen molar-refractivity contribution in [1.29, 1.82) is 0 Å². The Balaban J connectivity index is 2.06. The lowest BCUT2D eigenvalue weighted by molar-refractivity contribution is -0.138. The number of rotatable bonds is 4. The zero-order chi connectivity index (χ0) is 15.5. The van der Waals surface area contributed by atoms with Crippen LogP contribution in [-0.2, 0) is 4.79 Å². The van der Waals surface area contributed by atoms with Gasteiger partial charge in [-0.2, -0.15) is 0 Å². The minimum absolute atomic E-state index is 0.0323. The molecule has 0 saturated heterocycles. The first kappa shape index (κ1) is 15.8. The monoisotopic (exact) mass is 354 g/mol. The molecule has 1 saturated carbocycles. The van der Waals surface area contributed by atoms with Gasteiger partial charge in [0.1, 0.15) is 0 Å². The number of halogens is 1. The number of urea groups is 1. The number of aryl methyl sites for hydroxylation is 1. The molecule has 0 aliphatic heterocycles. The minimum Gasteiger partial charge on any atom is -0.481 e. The van der Waals surface area contributed by atoms with Gasteiger partial charge in [0.25, 0.3) is 0 Å². The molecule has 1 fully saturated rings. The summed E-state index contributed by atoms with van der Waals surface area (Å²) >= 11 is 3.39. The SMILES string of the molecule is Cc1ccc(Br)c(NC(=O)NC2(CC(=O)O)CCCC2)c1. The Labute approximate surface area is 132 Å². The molecular weight excluding hydrogens is 336 g/mol. The highest BCUT2D eigenvalue weighted by atomic mass is 79.9. The lowest BCUT2D eigenvalue weighted by atomic mass is 9.93. The lowest BCUT2D eigenvalue weighted by Gasteiger charge is -2.28. The Morgan fingerprint density at radius 1 is 1.33 bits per heavy atom. The van der Waals surface area contributed by atoms with E-state index in [1.807, 2.05) is 25.1 Å². The number of benzene rings is 1. The number of anilines is 1. The van der Waals surface area contributed by atoms with Gasteiger partial charge in [0.05, 0.1) is 17.6 Å². The Morgan fingerprint density at radius 3 is 2.62 bits per heavy atom. The molecule has 1 aliphatic rings. The van der Waals surface area contributed by atoms with E-state index in [1.54, 1.807) is 0 Å². The molecule has 3 N–H and O–H groups in total. The van der Waals surface area contributed by atoms with Crippen molar-refractivity contribution in [3.8, 4) is 0 Å². The van der Waals surface area contributed by atoms with Crippen LogP contribution in [-0.4, -0.2) is 22.6 Å². The number of carbonyl (C=O) groups excluding carboxylic acids is 1. The fourth-order valence-corrected chi connectivity index (χ4v) is 3.16. The van der Waals surface area contributed by atoms with Crippen molar-refractivity contribution in [1.82, 2.24) is 5.32 Å². The van der Waals surface area contributed by atoms with Crippen LogP contribution in [0.2, 0.25) is 0 Å². The van der Waals surface area contributed by atoms with Crippen LogP contribution in [0.1, 0.15) is 37.7 Å². The van der Waals surface area contributed by atoms with Crippen LogP contribution >= 0.6 is 15.9 Å². The molecule has 0 unspecified atom stereocenters. The number of hydrogen-bond acceptors (Lipinski definition) is 2. The summed E-state index contributed by atoms with van der Waals surface area (Å²) in [5.74, 6) is -0.881. The summed E-state index contributed by atoms with van der Waals surface area (Å²) in [6.45, 7) is 1.94. The molecule has 1 aromatic carbocycles. The summed E-state index contributed by atoms with van der Waals surface area (Å²) < 4.78 is 0.793.